The van der Waals surface area contributed by atoms with Gasteiger partial charge < -0.3 is 15.8 Å². The van der Waals surface area contributed by atoms with Gasteiger partial charge in [0.1, 0.15) is 0 Å². The van der Waals surface area contributed by atoms with E-state index in [-0.39, 0.29) is 30.3 Å². The third-order valence-corrected chi connectivity index (χ3v) is 2.35. The number of amides is 1. The van der Waals surface area contributed by atoms with Gasteiger partial charge in [-0.25, -0.2) is 0 Å². The normalized spacial score (nSPS) is 12.1. The summed E-state index contributed by atoms with van der Waals surface area (Å²) in [5.74, 6) is 0.148. The number of ether oxygens (including phenoxy) is 1. The number of hydrogen-bond acceptors (Lipinski definition) is 3. The summed E-state index contributed by atoms with van der Waals surface area (Å²) in [5, 5.41) is 2.84. The molecule has 0 aromatic carbocycles. The first kappa shape index (κ1) is 18.1. The first-order valence-electron chi connectivity index (χ1n) is 5.61. The minimum absolute atomic E-state index is 0. The van der Waals surface area contributed by atoms with Crippen molar-refractivity contribution >= 4 is 18.3 Å². The fourth-order valence-corrected chi connectivity index (χ4v) is 1.18. The number of rotatable bonds is 8. The highest BCUT2D eigenvalue weighted by molar-refractivity contribution is 5.85. The third-order valence-electron chi connectivity index (χ3n) is 2.35. The third kappa shape index (κ3) is 8.95. The minimum Gasteiger partial charge on any atom is -0.385 e. The lowest BCUT2D eigenvalue weighted by Crippen LogP contribution is -2.44. The molecule has 4 nitrogen and oxygen atoms in total. The maximum Gasteiger partial charge on any atom is 0.237 e. The topological polar surface area (TPSA) is 64.3 Å². The number of unbranched alkanes of at least 4 members (excludes halogenated alkanes) is 2. The van der Waals surface area contributed by atoms with Crippen LogP contribution in [0.3, 0.4) is 0 Å². The van der Waals surface area contributed by atoms with Gasteiger partial charge >= 0.3 is 0 Å². The lowest BCUT2D eigenvalue weighted by molar-refractivity contribution is -0.123. The van der Waals surface area contributed by atoms with Crippen LogP contribution in [0.2, 0.25) is 0 Å². The van der Waals surface area contributed by atoms with Crippen molar-refractivity contribution in [2.45, 2.75) is 39.2 Å². The van der Waals surface area contributed by atoms with Crippen molar-refractivity contribution < 1.29 is 9.53 Å². The Hall–Kier alpha value is -0.320. The Morgan fingerprint density at radius 2 is 1.94 bits per heavy atom. The molecule has 0 rings (SSSR count). The second-order valence-electron chi connectivity index (χ2n) is 4.11. The number of nitrogens with one attached hydrogen (secondary N) is 1. The van der Waals surface area contributed by atoms with Gasteiger partial charge in [0.05, 0.1) is 6.04 Å². The molecule has 0 aromatic heterocycles. The summed E-state index contributed by atoms with van der Waals surface area (Å²) in [6, 6.07) is -0.385. The van der Waals surface area contributed by atoms with Gasteiger partial charge in [-0.1, -0.05) is 13.8 Å². The number of halogens is 1. The molecule has 0 aliphatic rings. The first-order valence-corrected chi connectivity index (χ1v) is 5.61. The molecule has 0 aliphatic heterocycles. The van der Waals surface area contributed by atoms with Crippen molar-refractivity contribution in [1.82, 2.24) is 5.32 Å². The Balaban J connectivity index is 0. The molecule has 0 bridgehead atoms. The van der Waals surface area contributed by atoms with Crippen LogP contribution in [-0.4, -0.2) is 32.2 Å². The summed E-state index contributed by atoms with van der Waals surface area (Å²) in [6.07, 6.45) is 3.10. The van der Waals surface area contributed by atoms with Crippen molar-refractivity contribution in [3.05, 3.63) is 0 Å². The Kier molecular flexibility index (Phi) is 12.6. The van der Waals surface area contributed by atoms with Crippen LogP contribution in [0.25, 0.3) is 0 Å². The number of carbonyl (C=O) groups is 1. The largest absolute Gasteiger partial charge is 0.385 e. The number of carbonyl (C=O) groups excluding carboxylic acids is 1. The standard InChI is InChI=1S/C11H24N2O2.ClH/c1-9(2)10(12)11(14)13-7-5-4-6-8-15-3;/h9-10H,4-8,12H2,1-3H3,(H,13,14);1H/t10-;/m0./s1. The molecule has 0 saturated heterocycles. The summed E-state index contributed by atoms with van der Waals surface area (Å²) >= 11 is 0. The van der Waals surface area contributed by atoms with Crippen molar-refractivity contribution in [3.63, 3.8) is 0 Å². The number of hydrogen-bond donors (Lipinski definition) is 2. The van der Waals surface area contributed by atoms with Crippen LogP contribution in [0.5, 0.6) is 0 Å². The Bertz CT molecular complexity index is 177. The van der Waals surface area contributed by atoms with Crippen molar-refractivity contribution in [1.29, 1.82) is 0 Å². The van der Waals surface area contributed by atoms with Gasteiger partial charge in [0.25, 0.3) is 0 Å². The zero-order valence-corrected chi connectivity index (χ0v) is 11.3. The van der Waals surface area contributed by atoms with E-state index >= 15 is 0 Å². The quantitative estimate of drug-likeness (QED) is 0.641. The predicted octanol–water partition coefficient (Wildman–Crippen LogP) is 1.32. The maximum atomic E-state index is 11.4. The van der Waals surface area contributed by atoms with Crippen molar-refractivity contribution in [2.75, 3.05) is 20.3 Å². The number of nitrogens with two attached hydrogens (primary N) is 1. The monoisotopic (exact) mass is 252 g/mol. The molecule has 0 aromatic rings. The average molecular weight is 253 g/mol. The molecule has 0 aliphatic carbocycles. The number of methoxy groups -OCH3 is 1. The van der Waals surface area contributed by atoms with E-state index in [1.165, 1.54) is 0 Å². The van der Waals surface area contributed by atoms with Crippen LogP contribution >= 0.6 is 12.4 Å². The van der Waals surface area contributed by atoms with Gasteiger partial charge in [0.2, 0.25) is 5.91 Å². The molecule has 1 amide bonds. The zero-order valence-electron chi connectivity index (χ0n) is 10.5. The summed E-state index contributed by atoms with van der Waals surface area (Å²) in [7, 11) is 1.70. The van der Waals surface area contributed by atoms with Gasteiger partial charge in [-0.2, -0.15) is 0 Å². The van der Waals surface area contributed by atoms with Crippen LogP contribution in [-0.2, 0) is 9.53 Å². The smallest absolute Gasteiger partial charge is 0.237 e. The Morgan fingerprint density at radius 1 is 1.31 bits per heavy atom. The van der Waals surface area contributed by atoms with Gasteiger partial charge in [0, 0.05) is 20.3 Å². The van der Waals surface area contributed by atoms with E-state index in [1.807, 2.05) is 13.8 Å². The summed E-state index contributed by atoms with van der Waals surface area (Å²) < 4.78 is 4.93. The average Bonchev–Trinajstić information content (AvgIpc) is 2.21. The van der Waals surface area contributed by atoms with Crippen LogP contribution < -0.4 is 11.1 Å². The second kappa shape index (κ2) is 11.2. The van der Waals surface area contributed by atoms with Gasteiger partial charge in [0.15, 0.2) is 0 Å². The highest BCUT2D eigenvalue weighted by Gasteiger charge is 2.15. The zero-order chi connectivity index (χ0) is 11.7. The lowest BCUT2D eigenvalue weighted by Gasteiger charge is -2.15. The molecule has 98 valence electrons. The van der Waals surface area contributed by atoms with Crippen LogP contribution in [0, 0.1) is 5.92 Å². The SMILES string of the molecule is COCCCCCNC(=O)[C@@H](N)C(C)C.Cl. The molecule has 0 unspecified atom stereocenters. The molecule has 5 heteroatoms. The maximum absolute atomic E-state index is 11.4. The van der Waals surface area contributed by atoms with Crippen LogP contribution in [0.4, 0.5) is 0 Å². The van der Waals surface area contributed by atoms with Gasteiger partial charge in [-0.3, -0.25) is 4.79 Å². The molecular weight excluding hydrogens is 228 g/mol. The molecule has 0 saturated carbocycles. The second-order valence-corrected chi connectivity index (χ2v) is 4.11. The van der Waals surface area contributed by atoms with E-state index in [0.29, 0.717) is 6.54 Å². The minimum atomic E-state index is -0.385. The highest BCUT2D eigenvalue weighted by atomic mass is 35.5. The van der Waals surface area contributed by atoms with E-state index < -0.39 is 0 Å². The molecule has 0 fully saturated rings. The first-order chi connectivity index (χ1) is 7.09. The van der Waals surface area contributed by atoms with Crippen molar-refractivity contribution in [2.24, 2.45) is 11.7 Å². The molecule has 3 N–H and O–H groups in total. The van der Waals surface area contributed by atoms with E-state index in [4.69, 9.17) is 10.5 Å². The summed E-state index contributed by atoms with van der Waals surface area (Å²) in [5.41, 5.74) is 5.69. The summed E-state index contributed by atoms with van der Waals surface area (Å²) in [4.78, 5) is 11.4. The van der Waals surface area contributed by atoms with E-state index in [2.05, 4.69) is 5.32 Å². The molecule has 16 heavy (non-hydrogen) atoms. The predicted molar refractivity (Wildman–Crippen MR) is 68.8 cm³/mol. The van der Waals surface area contributed by atoms with Gasteiger partial charge in [-0.05, 0) is 25.2 Å². The molecule has 1 atom stereocenters. The van der Waals surface area contributed by atoms with E-state index in [1.54, 1.807) is 7.11 Å². The van der Waals surface area contributed by atoms with Crippen molar-refractivity contribution in [3.8, 4) is 0 Å². The van der Waals surface area contributed by atoms with Gasteiger partial charge in [-0.15, -0.1) is 12.4 Å². The van der Waals surface area contributed by atoms with Crippen LogP contribution in [0.1, 0.15) is 33.1 Å². The van der Waals surface area contributed by atoms with E-state index in [0.717, 1.165) is 25.9 Å². The molecule has 0 heterocycles. The highest BCUT2D eigenvalue weighted by Crippen LogP contribution is 1.98. The fraction of sp³-hybridized carbons (Fsp3) is 0.909. The van der Waals surface area contributed by atoms with Crippen LogP contribution in [0.15, 0.2) is 0 Å². The Morgan fingerprint density at radius 3 is 2.44 bits per heavy atom. The van der Waals surface area contributed by atoms with E-state index in [9.17, 15) is 4.79 Å². The molecule has 0 spiro atoms. The molecule has 0 radical (unpaired) electrons. The Labute approximate surface area is 105 Å². The summed E-state index contributed by atoms with van der Waals surface area (Å²) in [6.45, 7) is 5.40. The molecular formula is C11H25ClN2O2. The fourth-order valence-electron chi connectivity index (χ4n) is 1.18. The lowest BCUT2D eigenvalue weighted by atomic mass is 10.1.